The number of nitrogens with zero attached hydrogens (tertiary/aromatic N) is 1. The average Bonchev–Trinajstić information content (AvgIpc) is 2.53. The summed E-state index contributed by atoms with van der Waals surface area (Å²) >= 11 is 12.1. The maximum Gasteiger partial charge on any atom is 0.345 e. The number of nitrogens with one attached hydrogen (secondary N) is 2. The standard InChI is InChI=1S/C17H17Cl2N3O2/c1-12(13-5-3-2-4-6-13)21-22(11-20-10-17(23)24)16-8-14(18)7-15(19)9-16/h2-9,11-12,21H,10H2,1H3,(H,23,24)/p+1/t12-/m0/s1. The number of halogens is 2. The van der Waals surface area contributed by atoms with Gasteiger partial charge in [0.2, 0.25) is 0 Å². The van der Waals surface area contributed by atoms with Crippen LogP contribution in [-0.2, 0) is 4.79 Å². The minimum absolute atomic E-state index is 0.0214. The number of hydrazine groups is 1. The van der Waals surface area contributed by atoms with Gasteiger partial charge in [0, 0.05) is 22.2 Å². The lowest BCUT2D eigenvalue weighted by Crippen LogP contribution is -2.34. The molecule has 0 spiro atoms. The fourth-order valence-electron chi connectivity index (χ4n) is 2.11. The van der Waals surface area contributed by atoms with Crippen LogP contribution in [-0.4, -0.2) is 28.6 Å². The zero-order valence-electron chi connectivity index (χ0n) is 13.0. The third-order valence-electron chi connectivity index (χ3n) is 3.23. The highest BCUT2D eigenvalue weighted by molar-refractivity contribution is 6.34. The van der Waals surface area contributed by atoms with E-state index in [0.717, 1.165) is 5.56 Å². The molecule has 0 aliphatic carbocycles. The van der Waals surface area contributed by atoms with Crippen LogP contribution in [0.3, 0.4) is 0 Å². The Labute approximate surface area is 150 Å². The first kappa shape index (κ1) is 18.1. The molecular formula is C17H18Cl2N3O2+. The number of hydrogen-bond acceptors (Lipinski definition) is 2. The topological polar surface area (TPSA) is 64.4 Å². The number of benzene rings is 2. The molecule has 7 heteroatoms. The third-order valence-corrected chi connectivity index (χ3v) is 3.67. The van der Waals surface area contributed by atoms with E-state index in [1.807, 2.05) is 37.3 Å². The zero-order valence-corrected chi connectivity index (χ0v) is 14.6. The first-order chi connectivity index (χ1) is 11.5. The Morgan fingerprint density at radius 1 is 1.21 bits per heavy atom. The van der Waals surface area contributed by atoms with Crippen molar-refractivity contribution in [1.29, 1.82) is 0 Å². The third kappa shape index (κ3) is 5.44. The number of aliphatic carboxylic acids is 1. The Hall–Kier alpha value is -2.24. The highest BCUT2D eigenvalue weighted by Gasteiger charge is 2.13. The van der Waals surface area contributed by atoms with Gasteiger partial charge in [-0.25, -0.2) is 10.2 Å². The molecule has 2 aromatic rings. The lowest BCUT2D eigenvalue weighted by Gasteiger charge is -2.16. The van der Waals surface area contributed by atoms with E-state index in [1.54, 1.807) is 22.9 Å². The molecule has 0 saturated carbocycles. The van der Waals surface area contributed by atoms with E-state index in [4.69, 9.17) is 28.3 Å². The van der Waals surface area contributed by atoms with Crippen molar-refractivity contribution in [3.8, 4) is 0 Å². The van der Waals surface area contributed by atoms with Gasteiger partial charge < -0.3 is 5.11 Å². The minimum atomic E-state index is -0.952. The molecule has 0 heterocycles. The fourth-order valence-corrected chi connectivity index (χ4v) is 2.63. The molecule has 0 unspecified atom stereocenters. The molecule has 3 N–H and O–H groups in total. The molecule has 0 bridgehead atoms. The predicted octanol–water partition coefficient (Wildman–Crippen LogP) is 3.61. The first-order valence-electron chi connectivity index (χ1n) is 7.30. The molecule has 0 saturated heterocycles. The largest absolute Gasteiger partial charge is 0.478 e. The van der Waals surface area contributed by atoms with E-state index in [1.165, 1.54) is 6.34 Å². The van der Waals surface area contributed by atoms with Crippen LogP contribution in [0.4, 0.5) is 5.69 Å². The number of carbonyl (C=O) groups is 1. The van der Waals surface area contributed by atoms with Crippen LogP contribution in [0.1, 0.15) is 18.5 Å². The smallest absolute Gasteiger partial charge is 0.345 e. The van der Waals surface area contributed by atoms with Gasteiger partial charge in [-0.2, -0.15) is 0 Å². The molecule has 0 aromatic heterocycles. The molecule has 0 aliphatic rings. The van der Waals surface area contributed by atoms with Crippen molar-refractivity contribution >= 4 is 41.2 Å². The van der Waals surface area contributed by atoms with Crippen LogP contribution < -0.4 is 10.7 Å². The Morgan fingerprint density at radius 2 is 1.83 bits per heavy atom. The average molecular weight is 367 g/mol. The van der Waals surface area contributed by atoms with Gasteiger partial charge in [-0.1, -0.05) is 53.5 Å². The Bertz CT molecular complexity index is 716. The van der Waals surface area contributed by atoms with Gasteiger partial charge in [0.05, 0.1) is 6.04 Å². The number of hydrogen-bond donors (Lipinski definition) is 3. The SMILES string of the molecule is C[C@H](N[N+](=CNCC(=O)O)c1cc(Cl)cc(Cl)c1)c1ccccc1. The Balaban J connectivity index is 2.27. The van der Waals surface area contributed by atoms with Crippen LogP contribution in [0.2, 0.25) is 10.0 Å². The summed E-state index contributed by atoms with van der Waals surface area (Å²) in [6.07, 6.45) is 1.54. The van der Waals surface area contributed by atoms with E-state index >= 15 is 0 Å². The number of hydrazone groups is 1. The van der Waals surface area contributed by atoms with Crippen molar-refractivity contribution in [2.24, 2.45) is 0 Å². The van der Waals surface area contributed by atoms with Gasteiger partial charge in [0.25, 0.3) is 6.34 Å². The maximum absolute atomic E-state index is 10.7. The van der Waals surface area contributed by atoms with E-state index in [0.29, 0.717) is 15.7 Å². The van der Waals surface area contributed by atoms with Crippen molar-refractivity contribution in [2.45, 2.75) is 13.0 Å². The maximum atomic E-state index is 10.7. The van der Waals surface area contributed by atoms with Crippen molar-refractivity contribution in [2.75, 3.05) is 6.54 Å². The Kier molecular flexibility index (Phi) is 6.46. The quantitative estimate of drug-likeness (QED) is 0.303. The lowest BCUT2D eigenvalue weighted by molar-refractivity contribution is -0.512. The molecular weight excluding hydrogens is 349 g/mol. The minimum Gasteiger partial charge on any atom is -0.478 e. The molecule has 5 nitrogen and oxygen atoms in total. The van der Waals surface area contributed by atoms with Crippen molar-refractivity contribution in [3.05, 3.63) is 64.1 Å². The van der Waals surface area contributed by atoms with Gasteiger partial charge in [0.1, 0.15) is 0 Å². The number of rotatable bonds is 7. The molecule has 0 aliphatic heterocycles. The van der Waals surface area contributed by atoms with Crippen molar-refractivity contribution in [3.63, 3.8) is 0 Å². The summed E-state index contributed by atoms with van der Waals surface area (Å²) in [5.74, 6) is -0.952. The fraction of sp³-hybridized carbons (Fsp3) is 0.176. The molecule has 2 rings (SSSR count). The summed E-state index contributed by atoms with van der Waals surface area (Å²) in [5.41, 5.74) is 5.06. The first-order valence-corrected chi connectivity index (χ1v) is 8.06. The molecule has 126 valence electrons. The highest BCUT2D eigenvalue weighted by Crippen LogP contribution is 2.24. The molecule has 2 aromatic carbocycles. The van der Waals surface area contributed by atoms with Gasteiger partial charge >= 0.3 is 5.97 Å². The van der Waals surface area contributed by atoms with Crippen molar-refractivity contribution in [1.82, 2.24) is 10.7 Å². The number of carboxylic acid groups (broad SMARTS) is 1. The van der Waals surface area contributed by atoms with Crippen LogP contribution in [0.15, 0.2) is 48.5 Å². The lowest BCUT2D eigenvalue weighted by atomic mass is 10.1. The molecule has 0 fully saturated rings. The summed E-state index contributed by atoms with van der Waals surface area (Å²) in [6, 6.07) is 15.0. The van der Waals surface area contributed by atoms with Crippen LogP contribution >= 0.6 is 23.2 Å². The summed E-state index contributed by atoms with van der Waals surface area (Å²) in [6.45, 7) is 1.80. The second-order valence-electron chi connectivity index (χ2n) is 5.16. The van der Waals surface area contributed by atoms with Crippen LogP contribution in [0.25, 0.3) is 0 Å². The predicted molar refractivity (Wildman–Crippen MR) is 96.1 cm³/mol. The van der Waals surface area contributed by atoms with Gasteiger partial charge in [-0.3, -0.25) is 5.32 Å². The summed E-state index contributed by atoms with van der Waals surface area (Å²) < 4.78 is 1.67. The van der Waals surface area contributed by atoms with Crippen LogP contribution in [0.5, 0.6) is 0 Å². The molecule has 0 radical (unpaired) electrons. The second-order valence-corrected chi connectivity index (χ2v) is 6.04. The molecule has 24 heavy (non-hydrogen) atoms. The normalized spacial score (nSPS) is 12.5. The summed E-state index contributed by atoms with van der Waals surface area (Å²) in [7, 11) is 0. The van der Waals surface area contributed by atoms with Gasteiger partial charge in [-0.05, 0) is 18.6 Å². The summed E-state index contributed by atoms with van der Waals surface area (Å²) in [5, 5.41) is 12.5. The number of carboxylic acids is 1. The monoisotopic (exact) mass is 366 g/mol. The van der Waals surface area contributed by atoms with E-state index in [-0.39, 0.29) is 12.6 Å². The summed E-state index contributed by atoms with van der Waals surface area (Å²) in [4.78, 5) is 10.7. The van der Waals surface area contributed by atoms with Crippen LogP contribution in [0, 0.1) is 0 Å². The zero-order chi connectivity index (χ0) is 17.5. The van der Waals surface area contributed by atoms with Crippen molar-refractivity contribution < 1.29 is 14.6 Å². The van der Waals surface area contributed by atoms with Gasteiger partial charge in [0.15, 0.2) is 12.2 Å². The molecule has 0 amide bonds. The van der Waals surface area contributed by atoms with E-state index in [2.05, 4.69) is 10.7 Å². The van der Waals surface area contributed by atoms with E-state index in [9.17, 15) is 4.79 Å². The highest BCUT2D eigenvalue weighted by atomic mass is 35.5. The van der Waals surface area contributed by atoms with E-state index < -0.39 is 5.97 Å². The molecule has 1 atom stereocenters. The Morgan fingerprint density at radius 3 is 2.42 bits per heavy atom. The second kappa shape index (κ2) is 8.57. The van der Waals surface area contributed by atoms with Gasteiger partial charge in [-0.15, -0.1) is 4.68 Å².